The highest BCUT2D eigenvalue weighted by Gasteiger charge is 2.27. The van der Waals surface area contributed by atoms with Crippen LogP contribution in [0.3, 0.4) is 0 Å². The quantitative estimate of drug-likeness (QED) is 0.0212. The second-order valence-corrected chi connectivity index (χ2v) is 28.9. The minimum atomic E-state index is -4.71. The van der Waals surface area contributed by atoms with Gasteiger partial charge in [0.15, 0.2) is 0 Å². The van der Waals surface area contributed by atoms with Gasteiger partial charge in [0.2, 0.25) is 5.91 Å². The van der Waals surface area contributed by atoms with Gasteiger partial charge in [0.1, 0.15) is 19.3 Å². The normalized spacial score (nSPS) is 13.9. The zero-order valence-electron chi connectivity index (χ0n) is 60.8. The molecular formula is C81H149N2O7P. The second kappa shape index (κ2) is 70.0. The number of unbranched alkanes of at least 4 members (excludes halogenated alkanes) is 43. The van der Waals surface area contributed by atoms with Crippen LogP contribution in [-0.2, 0) is 27.9 Å². The number of esters is 1. The van der Waals surface area contributed by atoms with Crippen molar-refractivity contribution in [3.05, 3.63) is 85.1 Å². The maximum Gasteiger partial charge on any atom is 0.306 e. The Morgan fingerprint density at radius 1 is 0.396 bits per heavy atom. The van der Waals surface area contributed by atoms with Gasteiger partial charge in [-0.3, -0.25) is 14.2 Å². The lowest BCUT2D eigenvalue weighted by atomic mass is 10.0. The van der Waals surface area contributed by atoms with Crippen LogP contribution in [0, 0.1) is 0 Å². The van der Waals surface area contributed by atoms with E-state index in [4.69, 9.17) is 13.8 Å². The fraction of sp³-hybridized carbons (Fsp3) is 0.802. The minimum absolute atomic E-state index is 0.0246. The molecule has 3 atom stereocenters. The summed E-state index contributed by atoms with van der Waals surface area (Å²) in [5, 5.41) is 3.05. The minimum Gasteiger partial charge on any atom is -0.756 e. The van der Waals surface area contributed by atoms with E-state index in [-0.39, 0.29) is 24.9 Å². The Bertz CT molecular complexity index is 1830. The van der Waals surface area contributed by atoms with Crippen LogP contribution < -0.4 is 10.2 Å². The number of quaternary nitrogens is 1. The van der Waals surface area contributed by atoms with E-state index < -0.39 is 26.6 Å². The van der Waals surface area contributed by atoms with E-state index >= 15 is 0 Å². The number of hydrogen-bond acceptors (Lipinski definition) is 7. The van der Waals surface area contributed by atoms with E-state index in [9.17, 15) is 19.0 Å². The summed E-state index contributed by atoms with van der Waals surface area (Å²) < 4.78 is 30.5. The fourth-order valence-corrected chi connectivity index (χ4v) is 12.1. The molecular weight excluding hydrogens is 1140 g/mol. The largest absolute Gasteiger partial charge is 0.756 e. The van der Waals surface area contributed by atoms with Gasteiger partial charge in [0.05, 0.1) is 33.8 Å². The van der Waals surface area contributed by atoms with Crippen LogP contribution in [-0.4, -0.2) is 69.4 Å². The molecule has 1 N–H and O–H groups in total. The Balaban J connectivity index is 5.01. The Hall–Kier alpha value is -2.81. The van der Waals surface area contributed by atoms with Gasteiger partial charge >= 0.3 is 5.97 Å². The first-order chi connectivity index (χ1) is 44.4. The number of allylic oxidation sites excluding steroid dienone is 13. The van der Waals surface area contributed by atoms with Crippen LogP contribution in [0.15, 0.2) is 85.1 Å². The Morgan fingerprint density at radius 2 is 0.703 bits per heavy atom. The molecule has 0 aromatic rings. The zero-order chi connectivity index (χ0) is 66.3. The molecule has 0 saturated heterocycles. The molecule has 0 aliphatic carbocycles. The summed E-state index contributed by atoms with van der Waals surface area (Å²) in [5.41, 5.74) is 0. The topological polar surface area (TPSA) is 114 Å². The summed E-state index contributed by atoms with van der Waals surface area (Å²) in [7, 11) is 1.19. The van der Waals surface area contributed by atoms with Crippen molar-refractivity contribution in [2.75, 3.05) is 40.9 Å². The van der Waals surface area contributed by atoms with Gasteiger partial charge < -0.3 is 28.5 Å². The third-order valence-corrected chi connectivity index (χ3v) is 18.3. The molecule has 0 rings (SSSR count). The molecule has 0 aromatic carbocycles. The van der Waals surface area contributed by atoms with Gasteiger partial charge in [0.25, 0.3) is 7.82 Å². The first-order valence-corrected chi connectivity index (χ1v) is 40.4. The number of likely N-dealkylation sites (N-methyl/N-ethyl adjacent to an activating group) is 1. The third-order valence-electron chi connectivity index (χ3n) is 17.3. The lowest BCUT2D eigenvalue weighted by Gasteiger charge is -2.30. The molecule has 1 amide bonds. The lowest BCUT2D eigenvalue weighted by molar-refractivity contribution is -0.870. The molecule has 0 aliphatic rings. The fourth-order valence-electron chi connectivity index (χ4n) is 11.4. The van der Waals surface area contributed by atoms with E-state index in [1.807, 2.05) is 33.3 Å². The molecule has 3 unspecified atom stereocenters. The summed E-state index contributed by atoms with van der Waals surface area (Å²) >= 11 is 0. The van der Waals surface area contributed by atoms with Crippen LogP contribution in [0.4, 0.5) is 0 Å². The molecule has 0 aromatic heterocycles. The van der Waals surface area contributed by atoms with Gasteiger partial charge in [-0.15, -0.1) is 0 Å². The van der Waals surface area contributed by atoms with Crippen molar-refractivity contribution in [2.24, 2.45) is 0 Å². The number of phosphoric acid groups is 1. The van der Waals surface area contributed by atoms with Crippen molar-refractivity contribution < 1.29 is 37.3 Å². The Morgan fingerprint density at radius 3 is 1.05 bits per heavy atom. The average molecular weight is 1290 g/mol. The predicted molar refractivity (Wildman–Crippen MR) is 395 cm³/mol. The van der Waals surface area contributed by atoms with E-state index in [1.165, 1.54) is 225 Å². The maximum atomic E-state index is 13.7. The van der Waals surface area contributed by atoms with Crippen molar-refractivity contribution >= 4 is 19.7 Å². The molecule has 0 radical (unpaired) electrons. The summed E-state index contributed by atoms with van der Waals surface area (Å²) in [5.74, 6) is -0.536. The first-order valence-electron chi connectivity index (χ1n) is 38.9. The van der Waals surface area contributed by atoms with Crippen molar-refractivity contribution in [1.29, 1.82) is 0 Å². The summed E-state index contributed by atoms with van der Waals surface area (Å²) in [4.78, 5) is 40.3. The SMILES string of the molecule is CC/C=C\C/C=C\C/C=C\C/C=C\C/C=C\C/C=C\CCCCCCCCCCC(=O)OC(/C=C/CCCCCCCCCCCCC)C(COP(=O)([O-])OCC[N+](C)(C)C)NC(=O)CCCCCCCCCCCCCCCCCCCCCCCCCCC. The van der Waals surface area contributed by atoms with Crippen molar-refractivity contribution in [1.82, 2.24) is 5.32 Å². The number of rotatable bonds is 71. The second-order valence-electron chi connectivity index (χ2n) is 27.5. The summed E-state index contributed by atoms with van der Waals surface area (Å²) in [6.07, 6.45) is 94.3. The van der Waals surface area contributed by atoms with Gasteiger partial charge in [-0.1, -0.05) is 357 Å². The number of hydrogen-bond donors (Lipinski definition) is 1. The van der Waals surface area contributed by atoms with Gasteiger partial charge in [0, 0.05) is 12.8 Å². The number of ether oxygens (including phenoxy) is 1. The highest BCUT2D eigenvalue weighted by molar-refractivity contribution is 7.45. The predicted octanol–water partition coefficient (Wildman–Crippen LogP) is 24.6. The molecule has 0 fully saturated rings. The number of nitrogens with zero attached hydrogens (tertiary/aromatic N) is 1. The first kappa shape index (κ1) is 88.2. The smallest absolute Gasteiger partial charge is 0.306 e. The Kier molecular flexibility index (Phi) is 67.8. The van der Waals surface area contributed by atoms with Crippen LogP contribution >= 0.6 is 7.82 Å². The average Bonchev–Trinajstić information content (AvgIpc) is 3.73. The standard InChI is InChI=1S/C81H149N2O7P/c1-7-10-13-16-19-22-25-28-30-32-34-36-38-40-41-43-45-47-49-51-53-56-59-62-65-68-71-74-81(85)90-79(72-69-66-63-60-57-54-27-24-21-18-15-12-9-3)78(77-89-91(86,87)88-76-75-83(4,5)6)82-80(84)73-70-67-64-61-58-55-52-50-48-46-44-42-39-37-35-33-31-29-26-23-20-17-14-11-8-2/h10,13,19,22,28,30,34,36,40-41,45,47,69,72,78-79H,7-9,11-12,14-18,20-21,23-27,29,31-33,35,37-39,42-44,46,48-68,70-71,73-77H2,1-6H3,(H-,82,84,86,87)/b13-10-,22-19-,30-28-,36-34-,41-40-,47-45-,72-69+. The number of phosphoric ester groups is 1. The molecule has 0 bridgehead atoms. The molecule has 530 valence electrons. The van der Waals surface area contributed by atoms with E-state index in [0.29, 0.717) is 17.4 Å². The molecule has 9 nitrogen and oxygen atoms in total. The van der Waals surface area contributed by atoms with E-state index in [2.05, 4.69) is 99.0 Å². The van der Waals surface area contributed by atoms with Crippen molar-refractivity contribution in [2.45, 2.75) is 380 Å². The number of carbonyl (C=O) groups is 2. The number of carbonyl (C=O) groups excluding carboxylic acids is 2. The van der Waals surface area contributed by atoms with Crippen LogP contribution in [0.1, 0.15) is 367 Å². The lowest BCUT2D eigenvalue weighted by Crippen LogP contribution is -2.47. The Labute approximate surface area is 565 Å². The highest BCUT2D eigenvalue weighted by Crippen LogP contribution is 2.38. The summed E-state index contributed by atoms with van der Waals surface area (Å²) in [6.45, 7) is 6.78. The third kappa shape index (κ3) is 71.3. The number of nitrogens with one attached hydrogen (secondary N) is 1. The molecule has 0 aliphatic heterocycles. The summed E-state index contributed by atoms with van der Waals surface area (Å²) in [6, 6.07) is -0.895. The van der Waals surface area contributed by atoms with Crippen molar-refractivity contribution in [3.63, 3.8) is 0 Å². The van der Waals surface area contributed by atoms with E-state index in [0.717, 1.165) is 109 Å². The molecule has 0 spiro atoms. The molecule has 0 heterocycles. The molecule has 10 heteroatoms. The molecule has 0 saturated carbocycles. The monoisotopic (exact) mass is 1290 g/mol. The van der Waals surface area contributed by atoms with Crippen LogP contribution in [0.2, 0.25) is 0 Å². The number of amides is 1. The van der Waals surface area contributed by atoms with E-state index in [1.54, 1.807) is 0 Å². The maximum absolute atomic E-state index is 13.7. The van der Waals surface area contributed by atoms with Crippen LogP contribution in [0.25, 0.3) is 0 Å². The van der Waals surface area contributed by atoms with Gasteiger partial charge in [-0.05, 0) is 83.1 Å². The van der Waals surface area contributed by atoms with Gasteiger partial charge in [-0.25, -0.2) is 0 Å². The highest BCUT2D eigenvalue weighted by atomic mass is 31.2. The van der Waals surface area contributed by atoms with Gasteiger partial charge in [-0.2, -0.15) is 0 Å². The molecule has 91 heavy (non-hydrogen) atoms. The zero-order valence-corrected chi connectivity index (χ0v) is 61.7. The van der Waals surface area contributed by atoms with Crippen molar-refractivity contribution in [3.8, 4) is 0 Å². The van der Waals surface area contributed by atoms with Crippen LogP contribution in [0.5, 0.6) is 0 Å².